The van der Waals surface area contributed by atoms with Crippen molar-refractivity contribution in [2.24, 2.45) is 0 Å². The van der Waals surface area contributed by atoms with E-state index in [2.05, 4.69) is 75.7 Å². The number of aromatic nitrogens is 4. The molecule has 4 heterocycles. The molecule has 2 saturated heterocycles. The number of halogens is 3. The molecule has 2 amide bonds. The zero-order valence-electron chi connectivity index (χ0n) is 33.0. The van der Waals surface area contributed by atoms with Crippen LogP contribution in [0.25, 0.3) is 11.2 Å². The summed E-state index contributed by atoms with van der Waals surface area (Å²) in [5.41, 5.74) is 1.46. The predicted molar refractivity (Wildman–Crippen MR) is 203 cm³/mol. The Hall–Kier alpha value is -3.35. The molecule has 5 rings (SSSR count). The Morgan fingerprint density at radius 1 is 0.911 bits per heavy atom. The molecule has 2 aliphatic heterocycles. The van der Waals surface area contributed by atoms with Gasteiger partial charge in [-0.1, -0.05) is 73.6 Å². The minimum absolute atomic E-state index is 0.0286. The highest BCUT2D eigenvalue weighted by Crippen LogP contribution is 2.49. The monoisotopic (exact) mass is 826 g/mol. The van der Waals surface area contributed by atoms with E-state index in [9.17, 15) is 22.8 Å². The molecular weight excluding hydrogens is 774 g/mol. The first kappa shape index (κ1) is 43.8. The van der Waals surface area contributed by atoms with Crippen molar-refractivity contribution in [1.29, 1.82) is 0 Å². The molecule has 4 atom stereocenters. The normalized spacial score (nSPS) is 22.4. The maximum absolute atomic E-state index is 13.1. The molecule has 0 saturated carbocycles. The van der Waals surface area contributed by atoms with Gasteiger partial charge in [0.2, 0.25) is 0 Å². The van der Waals surface area contributed by atoms with Crippen LogP contribution in [0.5, 0.6) is 0 Å². The SMILES string of the molecule is CC(C)[Si]1(C(C)C)OCC2O[C@@H](n3cnc4c(NC(=O)c5ccccc5)ncnc43)[C@H](OCOCCOCCNC(=O)C(F)(F)F)[C@@H]2O[Si](C(C)C)(C(C)C)O1. The van der Waals surface area contributed by atoms with Crippen molar-refractivity contribution >= 4 is 45.9 Å². The van der Waals surface area contributed by atoms with E-state index in [0.717, 1.165) is 0 Å². The predicted octanol–water partition coefficient (Wildman–Crippen LogP) is 5.99. The van der Waals surface area contributed by atoms with Gasteiger partial charge in [0, 0.05) is 12.1 Å². The van der Waals surface area contributed by atoms with Gasteiger partial charge in [-0.3, -0.25) is 14.2 Å². The molecule has 56 heavy (non-hydrogen) atoms. The van der Waals surface area contributed by atoms with Crippen LogP contribution in [-0.4, -0.2) is 113 Å². The third-order valence-electron chi connectivity index (χ3n) is 10.0. The number of hydrogen-bond donors (Lipinski definition) is 2. The van der Waals surface area contributed by atoms with Crippen molar-refractivity contribution in [2.45, 2.75) is 108 Å². The molecule has 1 aromatic carbocycles. The number of benzene rings is 1. The van der Waals surface area contributed by atoms with E-state index in [1.165, 1.54) is 6.33 Å². The molecule has 2 fully saturated rings. The number of carbonyl (C=O) groups excluding carboxylic acids is 2. The summed E-state index contributed by atoms with van der Waals surface area (Å²) < 4.78 is 85.0. The third-order valence-corrected chi connectivity index (χ3v) is 20.3. The minimum atomic E-state index is -4.96. The fourth-order valence-electron chi connectivity index (χ4n) is 7.17. The number of anilines is 1. The molecule has 3 aromatic rings. The van der Waals surface area contributed by atoms with Crippen LogP contribution in [0.1, 0.15) is 72.0 Å². The van der Waals surface area contributed by atoms with E-state index >= 15 is 0 Å². The van der Waals surface area contributed by atoms with E-state index in [1.807, 2.05) is 6.07 Å². The van der Waals surface area contributed by atoms with Crippen molar-refractivity contribution in [3.63, 3.8) is 0 Å². The van der Waals surface area contributed by atoms with Crippen LogP contribution in [0.2, 0.25) is 22.2 Å². The number of hydrogen-bond acceptors (Lipinski definition) is 12. The van der Waals surface area contributed by atoms with Gasteiger partial charge in [0.1, 0.15) is 31.4 Å². The highest BCUT2D eigenvalue weighted by atomic mass is 28.5. The second-order valence-electron chi connectivity index (χ2n) is 15.0. The van der Waals surface area contributed by atoms with Gasteiger partial charge in [0.25, 0.3) is 5.91 Å². The number of nitrogens with zero attached hydrogens (tertiary/aromatic N) is 4. The van der Waals surface area contributed by atoms with Crippen molar-refractivity contribution in [1.82, 2.24) is 24.8 Å². The molecule has 2 aliphatic rings. The zero-order valence-corrected chi connectivity index (χ0v) is 35.0. The van der Waals surface area contributed by atoms with Crippen molar-refractivity contribution in [3.05, 3.63) is 48.5 Å². The maximum atomic E-state index is 13.1. The maximum Gasteiger partial charge on any atom is 0.471 e. The molecule has 0 spiro atoms. The second kappa shape index (κ2) is 18.5. The fourth-order valence-corrected chi connectivity index (χ4v) is 18.4. The Balaban J connectivity index is 1.41. The number of rotatable bonds is 16. The lowest BCUT2D eigenvalue weighted by molar-refractivity contribution is -0.173. The highest BCUT2D eigenvalue weighted by Gasteiger charge is 2.62. The molecule has 0 radical (unpaired) electrons. The van der Waals surface area contributed by atoms with Crippen LogP contribution in [0.15, 0.2) is 43.0 Å². The number of nitrogens with one attached hydrogen (secondary N) is 2. The van der Waals surface area contributed by atoms with Crippen LogP contribution < -0.4 is 10.6 Å². The molecule has 0 aliphatic carbocycles. The summed E-state index contributed by atoms with van der Waals surface area (Å²) in [6, 6.07) is 8.74. The number of imidazole rings is 1. The van der Waals surface area contributed by atoms with Crippen LogP contribution >= 0.6 is 0 Å². The molecule has 2 aromatic heterocycles. The number of ether oxygens (including phenoxy) is 4. The van der Waals surface area contributed by atoms with Crippen LogP contribution in [0, 0.1) is 0 Å². The van der Waals surface area contributed by atoms with Crippen LogP contribution in [-0.2, 0) is 36.7 Å². The molecule has 1 unspecified atom stereocenters. The molecule has 2 N–H and O–H groups in total. The number of alkyl halides is 3. The minimum Gasteiger partial charge on any atom is -0.414 e. The van der Waals surface area contributed by atoms with Crippen LogP contribution in [0.4, 0.5) is 19.0 Å². The summed E-state index contributed by atoms with van der Waals surface area (Å²) >= 11 is 0. The van der Waals surface area contributed by atoms with E-state index in [0.29, 0.717) is 16.7 Å². The summed E-state index contributed by atoms with van der Waals surface area (Å²) in [5, 5.41) is 4.59. The first-order chi connectivity index (χ1) is 26.5. The van der Waals surface area contributed by atoms with Gasteiger partial charge in [-0.15, -0.1) is 0 Å². The lowest BCUT2D eigenvalue weighted by Crippen LogP contribution is -2.66. The summed E-state index contributed by atoms with van der Waals surface area (Å²) in [7, 11) is -6.01. The summed E-state index contributed by atoms with van der Waals surface area (Å²) in [6.45, 7) is 16.6. The molecule has 0 bridgehead atoms. The van der Waals surface area contributed by atoms with Gasteiger partial charge in [0.15, 0.2) is 23.2 Å². The second-order valence-corrected chi connectivity index (χ2v) is 23.9. The van der Waals surface area contributed by atoms with E-state index in [4.69, 9.17) is 31.9 Å². The first-order valence-corrected chi connectivity index (χ1v) is 22.8. The van der Waals surface area contributed by atoms with Crippen molar-refractivity contribution < 1.29 is 54.7 Å². The largest absolute Gasteiger partial charge is 0.471 e. The highest BCUT2D eigenvalue weighted by molar-refractivity contribution is 6.84. The summed E-state index contributed by atoms with van der Waals surface area (Å²) in [4.78, 5) is 37.5. The Morgan fingerprint density at radius 2 is 1.57 bits per heavy atom. The first-order valence-electron chi connectivity index (χ1n) is 18.8. The van der Waals surface area contributed by atoms with Gasteiger partial charge >= 0.3 is 29.2 Å². The van der Waals surface area contributed by atoms with Gasteiger partial charge in [0.05, 0.1) is 32.8 Å². The smallest absolute Gasteiger partial charge is 0.414 e. The quantitative estimate of drug-likeness (QED) is 0.0987. The molecular formula is C36H53F3N6O9Si2. The van der Waals surface area contributed by atoms with Gasteiger partial charge in [-0.25, -0.2) is 15.0 Å². The summed E-state index contributed by atoms with van der Waals surface area (Å²) in [5.74, 6) is -2.17. The summed E-state index contributed by atoms with van der Waals surface area (Å²) in [6.07, 6.45) is -4.97. The standard InChI is InChI=1S/C36H53F3N6O9Si2/c1-22(2)55(23(3)4)51-18-27-29(53-56(54-55,24(5)6)25(7)8)30(50-21-49-17-16-48-15-14-40-35(47)36(37,38)39)34(52-27)45-20-43-28-31(41-19-42-32(28)45)44-33(46)26-12-10-9-11-13-26/h9-13,19-20,22-25,27,29-30,34H,14-18,21H2,1-8H3,(H,40,47)(H,41,42,44,46)/t27?,29-,30-,34-/m1/s1. The molecule has 15 nitrogen and oxygen atoms in total. The van der Waals surface area contributed by atoms with E-state index < -0.39 is 53.7 Å². The van der Waals surface area contributed by atoms with Crippen molar-refractivity contribution in [2.75, 3.05) is 45.1 Å². The Labute approximate surface area is 326 Å². The molecule has 20 heteroatoms. The van der Waals surface area contributed by atoms with E-state index in [1.54, 1.807) is 40.5 Å². The Morgan fingerprint density at radius 3 is 2.21 bits per heavy atom. The van der Waals surface area contributed by atoms with E-state index in [-0.39, 0.29) is 73.7 Å². The number of amides is 2. The van der Waals surface area contributed by atoms with Crippen LogP contribution in [0.3, 0.4) is 0 Å². The Kier molecular flexibility index (Phi) is 14.5. The topological polar surface area (TPSA) is 166 Å². The average molecular weight is 827 g/mol. The third kappa shape index (κ3) is 9.50. The zero-order chi connectivity index (χ0) is 40.8. The number of carbonyl (C=O) groups is 2. The van der Waals surface area contributed by atoms with Gasteiger partial charge in [-0.05, 0) is 34.3 Å². The Bertz CT molecular complexity index is 1750. The lowest BCUT2D eigenvalue weighted by atomic mass is 10.1. The molecule has 310 valence electrons. The van der Waals surface area contributed by atoms with Gasteiger partial charge < -0.3 is 42.5 Å². The number of fused-ring (bicyclic) bond motifs is 2. The fraction of sp³-hybridized carbons (Fsp3) is 0.639. The lowest BCUT2D eigenvalue weighted by Gasteiger charge is -2.51. The van der Waals surface area contributed by atoms with Gasteiger partial charge in [-0.2, -0.15) is 13.2 Å². The average Bonchev–Trinajstić information content (AvgIpc) is 3.71. The van der Waals surface area contributed by atoms with Crippen molar-refractivity contribution in [3.8, 4) is 0 Å².